The maximum atomic E-state index is 10.9. The molecule has 1 aliphatic rings. The van der Waals surface area contributed by atoms with Crippen LogP contribution in [0.15, 0.2) is 24.3 Å². The van der Waals surface area contributed by atoms with E-state index in [4.69, 9.17) is 16.3 Å². The van der Waals surface area contributed by atoms with Crippen LogP contribution in [-0.4, -0.2) is 45.0 Å². The zero-order valence-corrected chi connectivity index (χ0v) is 16.5. The molecule has 3 aromatic rings. The molecule has 1 fully saturated rings. The highest BCUT2D eigenvalue weighted by atomic mass is 35.5. The minimum atomic E-state index is -0.0186. The number of aromatic hydroxyl groups is 1. The number of nitrogens with zero attached hydrogens (tertiary/aromatic N) is 3. The molecule has 26 heavy (non-hydrogen) atoms. The molecule has 1 aromatic carbocycles. The summed E-state index contributed by atoms with van der Waals surface area (Å²) in [5, 5.41) is 15.9. The minimum Gasteiger partial charge on any atom is -0.492 e. The van der Waals surface area contributed by atoms with E-state index >= 15 is 0 Å². The second kappa shape index (κ2) is 6.81. The summed E-state index contributed by atoms with van der Waals surface area (Å²) in [6, 6.07) is 7.84. The fraction of sp³-hybridized carbons (Fsp3) is 0.444. The van der Waals surface area contributed by atoms with Gasteiger partial charge in [0.15, 0.2) is 6.04 Å². The number of aromatic nitrogens is 3. The number of aryl methyl sites for hydroxylation is 1. The molecule has 1 saturated heterocycles. The number of rotatable bonds is 3. The average Bonchev–Trinajstić information content (AvgIpc) is 3.07. The summed E-state index contributed by atoms with van der Waals surface area (Å²) in [4.78, 5) is 7.36. The fourth-order valence-electron chi connectivity index (χ4n) is 3.81. The smallest absolute Gasteiger partial charge is 0.235 e. The van der Waals surface area contributed by atoms with Gasteiger partial charge in [0.05, 0.1) is 0 Å². The van der Waals surface area contributed by atoms with Crippen molar-refractivity contribution < 1.29 is 14.7 Å². The van der Waals surface area contributed by atoms with E-state index in [9.17, 15) is 5.11 Å². The van der Waals surface area contributed by atoms with E-state index in [1.807, 2.05) is 31.2 Å². The molecule has 2 N–H and O–H groups in total. The van der Waals surface area contributed by atoms with Crippen LogP contribution < -0.4 is 4.90 Å². The highest BCUT2D eigenvalue weighted by Gasteiger charge is 2.37. The van der Waals surface area contributed by atoms with Gasteiger partial charge in [0.2, 0.25) is 10.8 Å². The van der Waals surface area contributed by atoms with Gasteiger partial charge in [0.25, 0.3) is 0 Å². The average molecular weight is 394 g/mol. The van der Waals surface area contributed by atoms with Gasteiger partial charge in [-0.25, -0.2) is 4.98 Å². The number of thiazole rings is 1. The van der Waals surface area contributed by atoms with Gasteiger partial charge in [-0.2, -0.15) is 4.52 Å². The highest BCUT2D eigenvalue weighted by Crippen LogP contribution is 2.35. The molecule has 0 aliphatic carbocycles. The number of benzene rings is 1. The molecule has 2 aromatic heterocycles. The number of hydrogen-bond donors (Lipinski definition) is 2. The zero-order chi connectivity index (χ0) is 18.4. The Balaban J connectivity index is 1.82. The Morgan fingerprint density at radius 1 is 1.27 bits per heavy atom. The molecule has 0 radical (unpaired) electrons. The summed E-state index contributed by atoms with van der Waals surface area (Å²) in [7, 11) is 0. The van der Waals surface area contributed by atoms with Gasteiger partial charge in [-0.05, 0) is 32.9 Å². The lowest BCUT2D eigenvalue weighted by Crippen LogP contribution is -3.15. The monoisotopic (exact) mass is 393 g/mol. The summed E-state index contributed by atoms with van der Waals surface area (Å²) in [6.07, 6.45) is 0.324. The molecule has 4 atom stereocenters. The van der Waals surface area contributed by atoms with Crippen molar-refractivity contribution in [3.05, 3.63) is 45.6 Å². The van der Waals surface area contributed by atoms with E-state index < -0.39 is 0 Å². The summed E-state index contributed by atoms with van der Waals surface area (Å²) >= 11 is 7.58. The van der Waals surface area contributed by atoms with Crippen LogP contribution in [0.3, 0.4) is 0 Å². The third kappa shape index (κ3) is 3.20. The maximum absolute atomic E-state index is 10.9. The van der Waals surface area contributed by atoms with Gasteiger partial charge in [0.1, 0.15) is 36.0 Å². The van der Waals surface area contributed by atoms with Crippen molar-refractivity contribution in [2.75, 3.05) is 13.1 Å². The van der Waals surface area contributed by atoms with Crippen molar-refractivity contribution in [1.29, 1.82) is 0 Å². The van der Waals surface area contributed by atoms with Crippen molar-refractivity contribution in [1.82, 2.24) is 14.6 Å². The van der Waals surface area contributed by atoms with Crippen LogP contribution >= 0.6 is 22.9 Å². The summed E-state index contributed by atoms with van der Waals surface area (Å²) < 4.78 is 7.45. The second-order valence-corrected chi connectivity index (χ2v) is 8.40. The number of nitrogens with one attached hydrogen (secondary N) is 1. The number of halogens is 1. The lowest BCUT2D eigenvalue weighted by Gasteiger charge is -2.37. The van der Waals surface area contributed by atoms with E-state index in [0.29, 0.717) is 15.8 Å². The predicted molar refractivity (Wildman–Crippen MR) is 101 cm³/mol. The Hall–Kier alpha value is -1.67. The lowest BCUT2D eigenvalue weighted by atomic mass is 10.0. The van der Waals surface area contributed by atoms with Crippen LogP contribution in [0.5, 0.6) is 5.88 Å². The normalized spacial score (nSPS) is 24.8. The molecule has 3 heterocycles. The van der Waals surface area contributed by atoms with Gasteiger partial charge in [-0.3, -0.25) is 0 Å². The van der Waals surface area contributed by atoms with Crippen molar-refractivity contribution >= 4 is 27.9 Å². The Kier molecular flexibility index (Phi) is 4.64. The third-order valence-corrected chi connectivity index (χ3v) is 6.08. The number of quaternary nitrogens is 1. The Morgan fingerprint density at radius 3 is 2.54 bits per heavy atom. The highest BCUT2D eigenvalue weighted by molar-refractivity contribution is 7.17. The van der Waals surface area contributed by atoms with Crippen LogP contribution in [0.2, 0.25) is 5.02 Å². The maximum Gasteiger partial charge on any atom is 0.235 e. The number of morpholine rings is 1. The van der Waals surface area contributed by atoms with E-state index in [-0.39, 0.29) is 24.1 Å². The molecule has 0 bridgehead atoms. The molecule has 1 unspecified atom stereocenters. The predicted octanol–water partition coefficient (Wildman–Crippen LogP) is 2.24. The van der Waals surface area contributed by atoms with Crippen LogP contribution in [0, 0.1) is 6.92 Å². The summed E-state index contributed by atoms with van der Waals surface area (Å²) in [6.45, 7) is 7.75. The first-order valence-corrected chi connectivity index (χ1v) is 9.92. The van der Waals surface area contributed by atoms with E-state index in [1.54, 1.807) is 0 Å². The lowest BCUT2D eigenvalue weighted by molar-refractivity contribution is -0.939. The Bertz CT molecular complexity index is 913. The van der Waals surface area contributed by atoms with Gasteiger partial charge >= 0.3 is 0 Å². The first-order valence-electron chi connectivity index (χ1n) is 8.73. The van der Waals surface area contributed by atoms with Crippen LogP contribution in [0.4, 0.5) is 0 Å². The van der Waals surface area contributed by atoms with E-state index in [1.165, 1.54) is 20.8 Å². The standard InChI is InChI=1S/C18H21ClN4O2S/c1-10-8-22(9-11(2)25-10)15(13-4-6-14(19)7-5-13)16-17(24)23-18(26-16)20-12(3)21-23/h4-7,10-11,15,24H,8-9H2,1-3H3/p+1/t10-,11+,15-/m1/s1. The van der Waals surface area contributed by atoms with Gasteiger partial charge in [-0.1, -0.05) is 35.1 Å². The van der Waals surface area contributed by atoms with Crippen molar-refractivity contribution in [3.63, 3.8) is 0 Å². The molecule has 6 nitrogen and oxygen atoms in total. The second-order valence-electron chi connectivity index (χ2n) is 6.95. The topological polar surface area (TPSA) is 64.1 Å². The van der Waals surface area contributed by atoms with Crippen molar-refractivity contribution in [2.45, 2.75) is 39.0 Å². The van der Waals surface area contributed by atoms with Crippen molar-refractivity contribution in [3.8, 4) is 5.88 Å². The molecule has 4 rings (SSSR count). The van der Waals surface area contributed by atoms with E-state index in [0.717, 1.165) is 23.5 Å². The first kappa shape index (κ1) is 17.7. The molecule has 0 spiro atoms. The minimum absolute atomic E-state index is 0.0186. The van der Waals surface area contributed by atoms with Crippen molar-refractivity contribution in [2.24, 2.45) is 0 Å². The molecular weight excluding hydrogens is 372 g/mol. The number of hydrogen-bond acceptors (Lipinski definition) is 5. The molecule has 138 valence electrons. The van der Waals surface area contributed by atoms with Gasteiger partial charge in [0, 0.05) is 10.6 Å². The molecule has 1 aliphatic heterocycles. The Labute approximate surface area is 161 Å². The molecular formula is C18H22ClN4O2S+. The number of ether oxygens (including phenoxy) is 1. The van der Waals surface area contributed by atoms with Crippen LogP contribution in [0.1, 0.15) is 36.2 Å². The molecule has 8 heteroatoms. The van der Waals surface area contributed by atoms with Gasteiger partial charge in [-0.15, -0.1) is 5.10 Å². The third-order valence-electron chi connectivity index (χ3n) is 4.74. The Morgan fingerprint density at radius 2 is 1.92 bits per heavy atom. The molecule has 0 amide bonds. The first-order chi connectivity index (χ1) is 12.4. The van der Waals surface area contributed by atoms with Crippen LogP contribution in [0.25, 0.3) is 4.96 Å². The summed E-state index contributed by atoms with van der Waals surface area (Å²) in [5.41, 5.74) is 1.11. The fourth-order valence-corrected chi connectivity index (χ4v) is 5.13. The summed E-state index contributed by atoms with van der Waals surface area (Å²) in [5.74, 6) is 0.826. The zero-order valence-electron chi connectivity index (χ0n) is 14.9. The quantitative estimate of drug-likeness (QED) is 0.716. The molecule has 0 saturated carbocycles. The number of fused-ring (bicyclic) bond motifs is 1. The van der Waals surface area contributed by atoms with E-state index in [2.05, 4.69) is 23.9 Å². The van der Waals surface area contributed by atoms with Gasteiger partial charge < -0.3 is 14.7 Å². The largest absolute Gasteiger partial charge is 0.492 e. The van der Waals surface area contributed by atoms with Crippen LogP contribution in [-0.2, 0) is 4.74 Å². The SMILES string of the molecule is Cc1nc2sc([C@@H](c3ccc(Cl)cc3)[NH+]3C[C@@H](C)O[C@@H](C)C3)c(O)n2n1.